The van der Waals surface area contributed by atoms with Crippen molar-refractivity contribution in [2.45, 2.75) is 6.17 Å². The summed E-state index contributed by atoms with van der Waals surface area (Å²) in [6, 6.07) is 2.18. The first-order valence-corrected chi connectivity index (χ1v) is 4.44. The maximum atomic E-state index is 11.2. The third-order valence-electron chi connectivity index (χ3n) is 1.96. The van der Waals surface area contributed by atoms with Gasteiger partial charge in [-0.3, -0.25) is 20.2 Å². The number of hydrazone groups is 1. The highest BCUT2D eigenvalue weighted by atomic mass is 16.6. The molecule has 1 aliphatic heterocycles. The lowest BCUT2D eigenvalue weighted by atomic mass is 10.5. The van der Waals surface area contributed by atoms with E-state index >= 15 is 0 Å². The van der Waals surface area contributed by atoms with Crippen LogP contribution in [0.3, 0.4) is 0 Å². The van der Waals surface area contributed by atoms with Crippen molar-refractivity contribution in [2.24, 2.45) is 5.10 Å². The number of nitro groups is 1. The molecule has 0 spiro atoms. The molecule has 0 aromatic carbocycles. The van der Waals surface area contributed by atoms with E-state index in [2.05, 4.69) is 5.10 Å². The second-order valence-corrected chi connectivity index (χ2v) is 3.06. The molecule has 1 aliphatic rings. The molecular formula is C8H6N4O5. The van der Waals surface area contributed by atoms with Gasteiger partial charge in [0.1, 0.15) is 5.76 Å². The van der Waals surface area contributed by atoms with Crippen LogP contribution in [0, 0.1) is 10.1 Å². The summed E-state index contributed by atoms with van der Waals surface area (Å²) in [6.07, 6.45) is 0.643. The Kier molecular flexibility index (Phi) is 2.57. The van der Waals surface area contributed by atoms with Crippen LogP contribution in [0.1, 0.15) is 5.76 Å². The fraction of sp³-hybridized carbons (Fsp3) is 0.125. The molecule has 17 heavy (non-hydrogen) atoms. The highest BCUT2D eigenvalue weighted by Crippen LogP contribution is 2.10. The molecule has 0 radical (unpaired) electrons. The zero-order valence-corrected chi connectivity index (χ0v) is 8.27. The summed E-state index contributed by atoms with van der Waals surface area (Å²) >= 11 is 0. The van der Waals surface area contributed by atoms with Gasteiger partial charge in [0.2, 0.25) is 0 Å². The number of imide groups is 1. The number of nitrogens with zero attached hydrogens (tertiary/aromatic N) is 3. The zero-order chi connectivity index (χ0) is 12.4. The smallest absolute Gasteiger partial charge is 0.387 e. The lowest BCUT2D eigenvalue weighted by Crippen LogP contribution is -2.37. The fourth-order valence-corrected chi connectivity index (χ4v) is 1.23. The van der Waals surface area contributed by atoms with Crippen LogP contribution >= 0.6 is 0 Å². The average Bonchev–Trinajstić information content (AvgIpc) is 2.83. The number of urea groups is 1. The van der Waals surface area contributed by atoms with Gasteiger partial charge in [-0.15, -0.1) is 5.01 Å². The summed E-state index contributed by atoms with van der Waals surface area (Å²) in [6.45, 7) is 0. The van der Waals surface area contributed by atoms with Gasteiger partial charge < -0.3 is 4.42 Å². The van der Waals surface area contributed by atoms with Gasteiger partial charge in [0.05, 0.1) is 17.4 Å². The number of hydrogen-bond acceptors (Lipinski definition) is 6. The second kappa shape index (κ2) is 4.04. The van der Waals surface area contributed by atoms with E-state index in [4.69, 9.17) is 4.42 Å². The predicted molar refractivity (Wildman–Crippen MR) is 52.5 cm³/mol. The first-order chi connectivity index (χ1) is 8.09. The van der Waals surface area contributed by atoms with E-state index in [1.165, 1.54) is 6.26 Å². The maximum absolute atomic E-state index is 11.2. The minimum atomic E-state index is -1.84. The van der Waals surface area contributed by atoms with Crippen LogP contribution in [0.4, 0.5) is 4.79 Å². The lowest BCUT2D eigenvalue weighted by Gasteiger charge is -2.07. The van der Waals surface area contributed by atoms with Gasteiger partial charge in [-0.05, 0) is 12.1 Å². The molecule has 1 unspecified atom stereocenters. The summed E-state index contributed by atoms with van der Waals surface area (Å²) in [5.74, 6) is -0.712. The number of nitrogens with one attached hydrogen (secondary N) is 1. The van der Waals surface area contributed by atoms with Crippen molar-refractivity contribution in [1.29, 1.82) is 0 Å². The Labute approximate surface area is 93.8 Å². The Morgan fingerprint density at radius 3 is 2.94 bits per heavy atom. The van der Waals surface area contributed by atoms with Gasteiger partial charge in [-0.2, -0.15) is 5.10 Å². The molecule has 1 saturated heterocycles. The van der Waals surface area contributed by atoms with Gasteiger partial charge in [-0.25, -0.2) is 4.79 Å². The van der Waals surface area contributed by atoms with Gasteiger partial charge in [0, 0.05) is 0 Å². The minimum Gasteiger partial charge on any atom is -0.463 e. The first-order valence-electron chi connectivity index (χ1n) is 4.44. The Morgan fingerprint density at radius 1 is 1.59 bits per heavy atom. The third kappa shape index (κ3) is 1.97. The lowest BCUT2D eigenvalue weighted by molar-refractivity contribution is -0.527. The van der Waals surface area contributed by atoms with Gasteiger partial charge in [-0.1, -0.05) is 0 Å². The molecule has 9 heteroatoms. The SMILES string of the molecule is O=C1NC(=O)N(N=Cc2ccco2)C1[N+](=O)[O-]. The van der Waals surface area contributed by atoms with Crippen molar-refractivity contribution < 1.29 is 18.9 Å². The maximum Gasteiger partial charge on any atom is 0.387 e. The van der Waals surface area contributed by atoms with Crippen LogP contribution in [0.25, 0.3) is 0 Å². The molecule has 0 aliphatic carbocycles. The average molecular weight is 238 g/mol. The summed E-state index contributed by atoms with van der Waals surface area (Å²) in [4.78, 5) is 32.0. The molecule has 1 N–H and O–H groups in total. The largest absolute Gasteiger partial charge is 0.463 e. The molecule has 9 nitrogen and oxygen atoms in total. The van der Waals surface area contributed by atoms with E-state index in [-0.39, 0.29) is 0 Å². The topological polar surface area (TPSA) is 118 Å². The first kappa shape index (κ1) is 10.8. The number of carbonyl (C=O) groups excluding carboxylic acids is 2. The molecule has 88 valence electrons. The molecule has 2 heterocycles. The monoisotopic (exact) mass is 238 g/mol. The van der Waals surface area contributed by atoms with Crippen molar-refractivity contribution in [3.05, 3.63) is 34.3 Å². The Balaban J connectivity index is 2.21. The van der Waals surface area contributed by atoms with E-state index in [1.807, 2.05) is 0 Å². The van der Waals surface area contributed by atoms with Gasteiger partial charge in [0.25, 0.3) is 0 Å². The third-order valence-corrected chi connectivity index (χ3v) is 1.96. The number of rotatable bonds is 3. The molecule has 1 atom stereocenters. The summed E-state index contributed by atoms with van der Waals surface area (Å²) < 4.78 is 4.89. The highest BCUT2D eigenvalue weighted by molar-refractivity contribution is 6.03. The fourth-order valence-electron chi connectivity index (χ4n) is 1.23. The molecule has 3 amide bonds. The van der Waals surface area contributed by atoms with E-state index in [9.17, 15) is 19.7 Å². The summed E-state index contributed by atoms with van der Waals surface area (Å²) in [5.41, 5.74) is 0. The Bertz CT molecular complexity index is 494. The van der Waals surface area contributed by atoms with Crippen LogP contribution < -0.4 is 5.32 Å². The molecule has 1 aromatic heterocycles. The van der Waals surface area contributed by atoms with Crippen LogP contribution in [0.5, 0.6) is 0 Å². The summed E-state index contributed by atoms with van der Waals surface area (Å²) in [7, 11) is 0. The number of amides is 3. The zero-order valence-electron chi connectivity index (χ0n) is 8.27. The Hall–Kier alpha value is -2.71. The van der Waals surface area contributed by atoms with Crippen LogP contribution in [-0.2, 0) is 4.79 Å². The van der Waals surface area contributed by atoms with E-state index in [1.54, 1.807) is 17.4 Å². The molecule has 1 aromatic rings. The standard InChI is InChI=1S/C8H6N4O5/c13-6-7(12(15)16)11(8(14)10-6)9-4-5-2-1-3-17-5/h1-4,7H,(H,10,13,14). The summed E-state index contributed by atoms with van der Waals surface area (Å²) in [5, 5.41) is 16.4. The quantitative estimate of drug-likeness (QED) is 0.337. The van der Waals surface area contributed by atoms with Crippen molar-refractivity contribution in [3.63, 3.8) is 0 Å². The van der Waals surface area contributed by atoms with Crippen LogP contribution in [0.2, 0.25) is 0 Å². The Morgan fingerprint density at radius 2 is 2.35 bits per heavy atom. The highest BCUT2D eigenvalue weighted by Gasteiger charge is 2.48. The molecule has 0 saturated carbocycles. The van der Waals surface area contributed by atoms with Gasteiger partial charge >= 0.3 is 18.1 Å². The van der Waals surface area contributed by atoms with E-state index in [0.29, 0.717) is 10.8 Å². The minimum absolute atomic E-state index is 0.305. The van der Waals surface area contributed by atoms with Crippen molar-refractivity contribution in [2.75, 3.05) is 0 Å². The van der Waals surface area contributed by atoms with E-state index < -0.39 is 23.0 Å². The van der Waals surface area contributed by atoms with E-state index in [0.717, 1.165) is 6.21 Å². The molecule has 0 bridgehead atoms. The van der Waals surface area contributed by atoms with Crippen LogP contribution in [-0.4, -0.2) is 34.3 Å². The number of hydrogen-bond donors (Lipinski definition) is 1. The second-order valence-electron chi connectivity index (χ2n) is 3.06. The molecular weight excluding hydrogens is 232 g/mol. The predicted octanol–water partition coefficient (Wildman–Crippen LogP) is -0.232. The van der Waals surface area contributed by atoms with Crippen molar-refractivity contribution >= 4 is 18.2 Å². The van der Waals surface area contributed by atoms with Crippen molar-refractivity contribution in [3.8, 4) is 0 Å². The number of carbonyl (C=O) groups is 2. The van der Waals surface area contributed by atoms with Crippen molar-refractivity contribution in [1.82, 2.24) is 10.3 Å². The van der Waals surface area contributed by atoms with Gasteiger partial charge in [0.15, 0.2) is 0 Å². The molecule has 1 fully saturated rings. The molecule has 2 rings (SSSR count). The number of furan rings is 1. The van der Waals surface area contributed by atoms with Crippen LogP contribution in [0.15, 0.2) is 27.9 Å². The normalized spacial score (nSPS) is 20.0.